The molecule has 0 fully saturated rings. The van der Waals surface area contributed by atoms with Gasteiger partial charge in [-0.1, -0.05) is 6.07 Å². The highest BCUT2D eigenvalue weighted by Crippen LogP contribution is 2.29. The molecular formula is C15H15NO6. The van der Waals surface area contributed by atoms with Crippen molar-refractivity contribution < 1.29 is 28.6 Å². The van der Waals surface area contributed by atoms with Gasteiger partial charge in [-0.05, 0) is 24.3 Å². The molecular weight excluding hydrogens is 290 g/mol. The van der Waals surface area contributed by atoms with E-state index in [2.05, 4.69) is 5.32 Å². The van der Waals surface area contributed by atoms with Crippen LogP contribution in [-0.4, -0.2) is 30.7 Å². The fourth-order valence-electron chi connectivity index (χ4n) is 1.71. The molecule has 0 aliphatic rings. The van der Waals surface area contributed by atoms with E-state index in [0.29, 0.717) is 5.76 Å². The molecule has 0 aliphatic carbocycles. The number of benzene rings is 1. The number of ether oxygens (including phenoxy) is 2. The Morgan fingerprint density at radius 2 is 2.09 bits per heavy atom. The van der Waals surface area contributed by atoms with Gasteiger partial charge in [0.15, 0.2) is 18.1 Å². The number of rotatable bonds is 6. The van der Waals surface area contributed by atoms with Crippen LogP contribution in [0, 0.1) is 0 Å². The predicted octanol–water partition coefficient (Wildman–Crippen LogP) is 1.47. The molecule has 0 saturated carbocycles. The number of amides is 1. The van der Waals surface area contributed by atoms with Crippen LogP contribution in [0.5, 0.6) is 11.5 Å². The van der Waals surface area contributed by atoms with Gasteiger partial charge in [-0.2, -0.15) is 0 Å². The van der Waals surface area contributed by atoms with E-state index in [1.165, 1.54) is 31.6 Å². The van der Waals surface area contributed by atoms with Gasteiger partial charge >= 0.3 is 5.97 Å². The highest BCUT2D eigenvalue weighted by atomic mass is 16.5. The van der Waals surface area contributed by atoms with E-state index in [-0.39, 0.29) is 23.6 Å². The van der Waals surface area contributed by atoms with E-state index in [1.54, 1.807) is 12.1 Å². The van der Waals surface area contributed by atoms with Gasteiger partial charge in [0, 0.05) is 0 Å². The molecule has 0 atom stereocenters. The van der Waals surface area contributed by atoms with Gasteiger partial charge in [0.05, 0.1) is 19.9 Å². The first kappa shape index (κ1) is 15.4. The fraction of sp³-hybridized carbons (Fsp3) is 0.200. The Balaban J connectivity index is 1.86. The summed E-state index contributed by atoms with van der Waals surface area (Å²) in [6.45, 7) is -0.260. The van der Waals surface area contributed by atoms with Gasteiger partial charge in [0.1, 0.15) is 11.3 Å². The average molecular weight is 305 g/mol. The van der Waals surface area contributed by atoms with Gasteiger partial charge in [-0.3, -0.25) is 4.79 Å². The fourth-order valence-corrected chi connectivity index (χ4v) is 1.71. The quantitative estimate of drug-likeness (QED) is 0.784. The Labute approximate surface area is 126 Å². The zero-order valence-corrected chi connectivity index (χ0v) is 11.9. The van der Waals surface area contributed by atoms with Crippen molar-refractivity contribution in [2.45, 2.75) is 6.54 Å². The number of phenolic OH excluding ortho intramolecular Hbond substituents is 1. The first-order valence-corrected chi connectivity index (χ1v) is 6.44. The second kappa shape index (κ2) is 7.16. The van der Waals surface area contributed by atoms with E-state index in [9.17, 15) is 14.7 Å². The minimum Gasteiger partial charge on any atom is -0.504 e. The number of esters is 1. The molecule has 1 amide bonds. The summed E-state index contributed by atoms with van der Waals surface area (Å²) in [5.41, 5.74) is -0.0711. The Hall–Kier alpha value is -2.96. The molecule has 2 rings (SSSR count). The van der Waals surface area contributed by atoms with E-state index in [4.69, 9.17) is 13.9 Å². The lowest BCUT2D eigenvalue weighted by atomic mass is 10.2. The van der Waals surface area contributed by atoms with Gasteiger partial charge in [0.25, 0.3) is 5.91 Å². The van der Waals surface area contributed by atoms with Crippen LogP contribution in [0.4, 0.5) is 0 Å². The van der Waals surface area contributed by atoms with Crippen LogP contribution in [0.25, 0.3) is 0 Å². The van der Waals surface area contributed by atoms with Gasteiger partial charge in [-0.25, -0.2) is 4.79 Å². The van der Waals surface area contributed by atoms with Gasteiger partial charge in [0.2, 0.25) is 0 Å². The molecule has 22 heavy (non-hydrogen) atoms. The molecule has 2 N–H and O–H groups in total. The largest absolute Gasteiger partial charge is 0.504 e. The summed E-state index contributed by atoms with van der Waals surface area (Å²) >= 11 is 0. The van der Waals surface area contributed by atoms with Crippen LogP contribution in [0.15, 0.2) is 41.0 Å². The normalized spacial score (nSPS) is 10.0. The summed E-state index contributed by atoms with van der Waals surface area (Å²) in [6, 6.07) is 7.82. The first-order valence-electron chi connectivity index (χ1n) is 6.44. The number of hydrogen-bond acceptors (Lipinski definition) is 6. The van der Waals surface area contributed by atoms with Crippen molar-refractivity contribution in [2.24, 2.45) is 0 Å². The summed E-state index contributed by atoms with van der Waals surface area (Å²) in [6.07, 6.45) is 1.49. The molecule has 7 heteroatoms. The Bertz CT molecular complexity index is 650. The number of furan rings is 1. The van der Waals surface area contributed by atoms with Crippen molar-refractivity contribution in [2.75, 3.05) is 13.7 Å². The molecule has 0 saturated heterocycles. The van der Waals surface area contributed by atoms with Gasteiger partial charge in [-0.15, -0.1) is 0 Å². The van der Waals surface area contributed by atoms with Crippen molar-refractivity contribution in [3.63, 3.8) is 0 Å². The minimum absolute atomic E-state index is 0.0711. The monoisotopic (exact) mass is 305 g/mol. The maximum atomic E-state index is 11.8. The molecule has 0 bridgehead atoms. The second-order valence-corrected chi connectivity index (χ2v) is 4.29. The zero-order chi connectivity index (χ0) is 15.9. The molecule has 1 heterocycles. The van der Waals surface area contributed by atoms with E-state index < -0.39 is 18.5 Å². The van der Waals surface area contributed by atoms with Crippen molar-refractivity contribution in [1.82, 2.24) is 5.32 Å². The smallest absolute Gasteiger partial charge is 0.342 e. The van der Waals surface area contributed by atoms with Crippen LogP contribution in [0.1, 0.15) is 16.1 Å². The topological polar surface area (TPSA) is 98.0 Å². The molecule has 116 valence electrons. The summed E-state index contributed by atoms with van der Waals surface area (Å²) < 4.78 is 14.8. The molecule has 0 aliphatic heterocycles. The number of aromatic hydroxyl groups is 1. The number of para-hydroxylation sites is 1. The van der Waals surface area contributed by atoms with Crippen LogP contribution >= 0.6 is 0 Å². The SMILES string of the molecule is COc1cccc(C(=O)OCC(=O)NCc2ccco2)c1O. The molecule has 0 radical (unpaired) electrons. The van der Waals surface area contributed by atoms with Crippen molar-refractivity contribution in [1.29, 1.82) is 0 Å². The number of phenols is 1. The number of hydrogen-bond donors (Lipinski definition) is 2. The molecule has 7 nitrogen and oxygen atoms in total. The Morgan fingerprint density at radius 1 is 1.27 bits per heavy atom. The Morgan fingerprint density at radius 3 is 2.77 bits per heavy atom. The minimum atomic E-state index is -0.815. The third-order valence-electron chi connectivity index (χ3n) is 2.81. The Kier molecular flexibility index (Phi) is 5.02. The molecule has 2 aromatic rings. The zero-order valence-electron chi connectivity index (χ0n) is 11.9. The second-order valence-electron chi connectivity index (χ2n) is 4.29. The van der Waals surface area contributed by atoms with E-state index >= 15 is 0 Å². The lowest BCUT2D eigenvalue weighted by Gasteiger charge is -2.09. The third-order valence-corrected chi connectivity index (χ3v) is 2.81. The highest BCUT2D eigenvalue weighted by molar-refractivity contribution is 5.94. The summed E-state index contributed by atoms with van der Waals surface area (Å²) in [7, 11) is 1.37. The van der Waals surface area contributed by atoms with Crippen molar-refractivity contribution in [3.05, 3.63) is 47.9 Å². The summed E-state index contributed by atoms with van der Waals surface area (Å²) in [5.74, 6) is -0.885. The number of methoxy groups -OCH3 is 1. The van der Waals surface area contributed by atoms with Crippen molar-refractivity contribution in [3.8, 4) is 11.5 Å². The number of nitrogens with one attached hydrogen (secondary N) is 1. The standard InChI is InChI=1S/C15H15NO6/c1-20-12-6-2-5-11(14(12)18)15(19)22-9-13(17)16-8-10-4-3-7-21-10/h2-7,18H,8-9H2,1H3,(H,16,17). The van der Waals surface area contributed by atoms with Crippen LogP contribution in [0.2, 0.25) is 0 Å². The van der Waals surface area contributed by atoms with Crippen LogP contribution in [0.3, 0.4) is 0 Å². The van der Waals surface area contributed by atoms with Crippen molar-refractivity contribution >= 4 is 11.9 Å². The van der Waals surface area contributed by atoms with Crippen LogP contribution < -0.4 is 10.1 Å². The molecule has 0 spiro atoms. The number of carbonyl (C=O) groups is 2. The molecule has 0 unspecified atom stereocenters. The lowest BCUT2D eigenvalue weighted by molar-refractivity contribution is -0.124. The number of carbonyl (C=O) groups excluding carboxylic acids is 2. The predicted molar refractivity (Wildman–Crippen MR) is 75.5 cm³/mol. The van der Waals surface area contributed by atoms with E-state index in [1.807, 2.05) is 0 Å². The van der Waals surface area contributed by atoms with Crippen LogP contribution in [-0.2, 0) is 16.1 Å². The van der Waals surface area contributed by atoms with Gasteiger partial charge < -0.3 is 24.3 Å². The lowest BCUT2D eigenvalue weighted by Crippen LogP contribution is -2.28. The first-order chi connectivity index (χ1) is 10.6. The molecule has 1 aromatic carbocycles. The summed E-state index contributed by atoms with van der Waals surface area (Å²) in [5, 5.41) is 12.3. The van der Waals surface area contributed by atoms with E-state index in [0.717, 1.165) is 0 Å². The summed E-state index contributed by atoms with van der Waals surface area (Å²) in [4.78, 5) is 23.4. The highest BCUT2D eigenvalue weighted by Gasteiger charge is 2.17. The third kappa shape index (κ3) is 3.78. The maximum Gasteiger partial charge on any atom is 0.342 e. The average Bonchev–Trinajstić information content (AvgIpc) is 3.04. The molecule has 1 aromatic heterocycles. The maximum absolute atomic E-state index is 11.8.